The van der Waals surface area contributed by atoms with Crippen molar-refractivity contribution in [3.8, 4) is 22.8 Å². The van der Waals surface area contributed by atoms with Gasteiger partial charge in [0.05, 0.1) is 29.0 Å². The maximum atomic E-state index is 14.0. The van der Waals surface area contributed by atoms with Crippen molar-refractivity contribution in [2.45, 2.75) is 12.8 Å². The van der Waals surface area contributed by atoms with Gasteiger partial charge in [0.15, 0.2) is 0 Å². The Labute approximate surface area is 272 Å². The van der Waals surface area contributed by atoms with E-state index in [1.54, 1.807) is 23.1 Å². The largest absolute Gasteiger partial charge is 2.00 e. The number of aromatic nitrogens is 2. The number of hydrogen-bond donors (Lipinski definition) is 1. The Kier molecular flexibility index (Phi) is 9.01. The summed E-state index contributed by atoms with van der Waals surface area (Å²) >= 11 is 0. The van der Waals surface area contributed by atoms with Crippen LogP contribution >= 0.6 is 0 Å². The molecule has 13 nitrogen and oxygen atoms in total. The number of likely N-dealkylation sites (tertiary alicyclic amines) is 1. The number of ether oxygens (including phenoxy) is 1. The topological polar surface area (TPSA) is 156 Å². The summed E-state index contributed by atoms with van der Waals surface area (Å²) in [5, 5.41) is 18.3. The van der Waals surface area contributed by atoms with E-state index in [0.717, 1.165) is 26.0 Å². The molecule has 0 saturated carbocycles. The van der Waals surface area contributed by atoms with Gasteiger partial charge in [-0.1, -0.05) is 36.4 Å². The van der Waals surface area contributed by atoms with E-state index in [2.05, 4.69) is 10.2 Å². The van der Waals surface area contributed by atoms with Gasteiger partial charge in [-0.3, -0.25) is 28.3 Å². The normalized spacial score (nSPS) is 14.3. The number of amides is 3. The predicted octanol–water partition coefficient (Wildman–Crippen LogP) is 3.67. The number of rotatable bonds is 8. The van der Waals surface area contributed by atoms with E-state index in [1.165, 1.54) is 32.3 Å². The minimum absolute atomic E-state index is 0. The van der Waals surface area contributed by atoms with Crippen LogP contribution in [0.5, 0.6) is 11.6 Å². The second-order valence-electron chi connectivity index (χ2n) is 10.6. The van der Waals surface area contributed by atoms with Gasteiger partial charge in [-0.25, -0.2) is 9.69 Å². The summed E-state index contributed by atoms with van der Waals surface area (Å²) in [7, 11) is 2.50. The molecule has 1 saturated heterocycles. The van der Waals surface area contributed by atoms with Gasteiger partial charge >= 0.3 is 22.2 Å². The Morgan fingerprint density at radius 2 is 1.61 bits per heavy atom. The number of nitrogens with zero attached hydrogens (tertiary/aromatic N) is 6. The van der Waals surface area contributed by atoms with E-state index in [9.17, 15) is 29.1 Å². The Bertz CT molecular complexity index is 2020. The van der Waals surface area contributed by atoms with Gasteiger partial charge in [0.25, 0.3) is 17.4 Å². The van der Waals surface area contributed by atoms with Crippen LogP contribution in [0.2, 0.25) is 0 Å². The summed E-state index contributed by atoms with van der Waals surface area (Å²) in [5.41, 5.74) is -0.446. The molecule has 2 aliphatic heterocycles. The predicted molar refractivity (Wildman–Crippen MR) is 164 cm³/mol. The van der Waals surface area contributed by atoms with Crippen LogP contribution in [-0.4, -0.2) is 56.6 Å². The zero-order valence-electron chi connectivity index (χ0n) is 24.8. The molecule has 1 fully saturated rings. The number of imide groups is 1. The maximum Gasteiger partial charge on any atom is 2.00 e. The van der Waals surface area contributed by atoms with Gasteiger partial charge in [0.1, 0.15) is 12.4 Å². The van der Waals surface area contributed by atoms with E-state index in [4.69, 9.17) is 4.74 Å². The van der Waals surface area contributed by atoms with E-state index in [1.807, 2.05) is 30.3 Å². The zero-order valence-corrected chi connectivity index (χ0v) is 25.8. The fourth-order valence-corrected chi connectivity index (χ4v) is 5.44. The number of benzene rings is 3. The molecule has 1 aromatic heterocycles. The van der Waals surface area contributed by atoms with Crippen molar-refractivity contribution in [1.82, 2.24) is 14.0 Å². The molecule has 236 valence electrons. The molecule has 0 bridgehead atoms. The SMILES string of the molecule is Cn1c(O)c(N=Nc2cccc3c2C(=O)N(c2cc(OCCN4CCCC4=O)ccc2-c2ccccc2)C3=O)c(=O)n(C)c1=O.[Ni+2]. The quantitative estimate of drug-likeness (QED) is 0.171. The van der Waals surface area contributed by atoms with Crippen molar-refractivity contribution in [2.24, 2.45) is 24.3 Å². The molecule has 0 atom stereocenters. The third-order valence-corrected chi connectivity index (χ3v) is 7.86. The average Bonchev–Trinajstić information content (AvgIpc) is 3.58. The molecule has 3 heterocycles. The van der Waals surface area contributed by atoms with Crippen molar-refractivity contribution >= 4 is 34.8 Å². The fourth-order valence-electron chi connectivity index (χ4n) is 5.44. The first-order valence-electron chi connectivity index (χ1n) is 14.2. The number of fused-ring (bicyclic) bond motifs is 1. The zero-order chi connectivity index (χ0) is 31.8. The van der Waals surface area contributed by atoms with Gasteiger partial charge in [-0.05, 0) is 36.2 Å². The van der Waals surface area contributed by atoms with E-state index in [0.29, 0.717) is 30.8 Å². The molecule has 0 aliphatic carbocycles. The van der Waals surface area contributed by atoms with Gasteiger partial charge in [-0.15, -0.1) is 10.2 Å². The number of carbonyl (C=O) groups excluding carboxylic acids is 3. The second kappa shape index (κ2) is 12.9. The monoisotopic (exact) mass is 666 g/mol. The molecule has 0 spiro atoms. The van der Waals surface area contributed by atoms with Crippen LogP contribution in [-0.2, 0) is 35.4 Å². The minimum Gasteiger partial charge on any atom is -0.493 e. The van der Waals surface area contributed by atoms with E-state index >= 15 is 0 Å². The third kappa shape index (κ3) is 5.63. The Morgan fingerprint density at radius 3 is 2.33 bits per heavy atom. The molecule has 14 heteroatoms. The van der Waals surface area contributed by atoms with Crippen LogP contribution < -0.4 is 20.9 Å². The second-order valence-corrected chi connectivity index (χ2v) is 10.6. The van der Waals surface area contributed by atoms with Crippen LogP contribution in [0.15, 0.2) is 86.5 Å². The maximum absolute atomic E-state index is 14.0. The van der Waals surface area contributed by atoms with Gasteiger partial charge in [0, 0.05) is 38.7 Å². The fraction of sp³-hybridized carbons (Fsp3) is 0.219. The first-order valence-corrected chi connectivity index (χ1v) is 14.2. The number of carbonyl (C=O) groups is 3. The molecular formula is C32H28N6NiO7+2. The molecule has 4 aromatic rings. The Morgan fingerprint density at radius 1 is 0.848 bits per heavy atom. The first kappa shape index (κ1) is 32.0. The van der Waals surface area contributed by atoms with E-state index < -0.39 is 34.6 Å². The van der Waals surface area contributed by atoms with Crippen LogP contribution in [0.4, 0.5) is 17.1 Å². The van der Waals surface area contributed by atoms with Crippen molar-refractivity contribution in [3.63, 3.8) is 0 Å². The summed E-state index contributed by atoms with van der Waals surface area (Å²) in [5.74, 6) is -1.45. The van der Waals surface area contributed by atoms with Crippen molar-refractivity contribution in [1.29, 1.82) is 0 Å². The van der Waals surface area contributed by atoms with Crippen molar-refractivity contribution in [3.05, 3.63) is 98.7 Å². The first-order chi connectivity index (χ1) is 21.7. The van der Waals surface area contributed by atoms with Crippen LogP contribution in [0.3, 0.4) is 0 Å². The van der Waals surface area contributed by atoms with Crippen LogP contribution in [0, 0.1) is 0 Å². The third-order valence-electron chi connectivity index (χ3n) is 7.86. The number of hydrogen-bond acceptors (Lipinski definition) is 9. The average molecular weight is 667 g/mol. The van der Waals surface area contributed by atoms with Gasteiger partial charge in [-0.2, -0.15) is 0 Å². The Balaban J connectivity index is 0.00000417. The molecule has 3 amide bonds. The van der Waals surface area contributed by atoms with Gasteiger partial charge < -0.3 is 14.7 Å². The molecule has 1 N–H and O–H groups in total. The number of aromatic hydroxyl groups is 1. The molecule has 6 rings (SSSR count). The molecule has 0 radical (unpaired) electrons. The molecule has 3 aromatic carbocycles. The Hall–Kier alpha value is -5.36. The minimum atomic E-state index is -0.880. The summed E-state index contributed by atoms with van der Waals surface area (Å²) in [6, 6.07) is 18.9. The summed E-state index contributed by atoms with van der Waals surface area (Å²) in [6.45, 7) is 1.34. The van der Waals surface area contributed by atoms with Crippen LogP contribution in [0.25, 0.3) is 11.1 Å². The van der Waals surface area contributed by atoms with Crippen molar-refractivity contribution in [2.75, 3.05) is 24.6 Å². The van der Waals surface area contributed by atoms with E-state index in [-0.39, 0.29) is 51.5 Å². The molecule has 2 aliphatic rings. The molecule has 0 unspecified atom stereocenters. The summed E-state index contributed by atoms with van der Waals surface area (Å²) in [4.78, 5) is 67.3. The summed E-state index contributed by atoms with van der Waals surface area (Å²) < 4.78 is 7.57. The standard InChI is InChI=1S/C32H28N6O7.Ni/c1-35-30(42)27(31(43)36(2)32(35)44)34-33-23-11-6-10-22-26(23)29(41)38(28(22)40)24-18-20(45-17-16-37-15-7-12-25(37)39)13-14-21(24)19-8-4-3-5-9-19;/h3-6,8-11,13-14,18,42H,7,12,15-17H2,1-2H3;/q;+2. The molecular weight excluding hydrogens is 639 g/mol. The smallest absolute Gasteiger partial charge is 0.493 e. The van der Waals surface area contributed by atoms with Crippen molar-refractivity contribution < 1.29 is 40.7 Å². The number of azo groups is 1. The number of anilines is 1. The van der Waals surface area contributed by atoms with Crippen LogP contribution in [0.1, 0.15) is 33.6 Å². The molecule has 46 heavy (non-hydrogen) atoms. The summed E-state index contributed by atoms with van der Waals surface area (Å²) in [6.07, 6.45) is 1.35. The van der Waals surface area contributed by atoms with Gasteiger partial charge in [0.2, 0.25) is 17.5 Å².